The molecule has 3 nitrogen and oxygen atoms in total. The summed E-state index contributed by atoms with van der Waals surface area (Å²) in [5.41, 5.74) is 11.9. The maximum absolute atomic E-state index is 6.38. The summed E-state index contributed by atoms with van der Waals surface area (Å²) in [4.78, 5) is 7.50. The van der Waals surface area contributed by atoms with Gasteiger partial charge in [0.25, 0.3) is 0 Å². The Morgan fingerprint density at radius 1 is 0.426 bits per heavy atom. The van der Waals surface area contributed by atoms with Gasteiger partial charge in [0.2, 0.25) is 0 Å². The molecule has 11 rings (SSSR count). The Balaban J connectivity index is 1.01. The van der Waals surface area contributed by atoms with E-state index in [0.29, 0.717) is 0 Å². The van der Waals surface area contributed by atoms with Gasteiger partial charge in [-0.3, -0.25) is 0 Å². The van der Waals surface area contributed by atoms with Gasteiger partial charge in [0, 0.05) is 59.5 Å². The number of nitrogens with zero attached hydrogens (tertiary/aromatic N) is 2. The highest BCUT2D eigenvalue weighted by Gasteiger charge is 2.20. The number of fused-ring (bicyclic) bond motifs is 8. The van der Waals surface area contributed by atoms with E-state index in [0.717, 1.165) is 60.7 Å². The van der Waals surface area contributed by atoms with Crippen LogP contribution >= 0.6 is 22.7 Å². The summed E-state index contributed by atoms with van der Waals surface area (Å²) < 4.78 is 10.1. The van der Waals surface area contributed by atoms with Gasteiger partial charge in [0.1, 0.15) is 16.2 Å². The monoisotopic (exact) mass is 726 g/mol. The normalized spacial score (nSPS) is 11.7. The van der Waals surface area contributed by atoms with Crippen LogP contribution in [0.4, 0.5) is 17.1 Å². The smallest absolute Gasteiger partial charge is 0.137 e. The van der Waals surface area contributed by atoms with Crippen molar-refractivity contribution in [3.05, 3.63) is 182 Å². The maximum atomic E-state index is 6.38. The third kappa shape index (κ3) is 5.12. The van der Waals surface area contributed by atoms with Crippen molar-refractivity contribution in [1.82, 2.24) is 4.98 Å². The summed E-state index contributed by atoms with van der Waals surface area (Å²) in [7, 11) is 0. The average molecular weight is 727 g/mol. The van der Waals surface area contributed by atoms with Crippen LogP contribution in [0.3, 0.4) is 0 Å². The minimum absolute atomic E-state index is 0.871. The van der Waals surface area contributed by atoms with Gasteiger partial charge in [-0.1, -0.05) is 121 Å². The van der Waals surface area contributed by atoms with Gasteiger partial charge in [0.15, 0.2) is 0 Å². The minimum Gasteiger partial charge on any atom is -0.456 e. The first-order valence-corrected chi connectivity index (χ1v) is 19.7. The van der Waals surface area contributed by atoms with E-state index >= 15 is 0 Å². The molecule has 0 amide bonds. The number of rotatable bonds is 6. The quantitative estimate of drug-likeness (QED) is 0.171. The molecule has 3 heterocycles. The first-order chi connectivity index (χ1) is 26.7. The Labute approximate surface area is 319 Å². The van der Waals surface area contributed by atoms with Gasteiger partial charge >= 0.3 is 0 Å². The van der Waals surface area contributed by atoms with Crippen molar-refractivity contribution in [2.24, 2.45) is 0 Å². The zero-order valence-electron chi connectivity index (χ0n) is 28.9. The molecule has 11 aromatic rings. The second-order valence-electron chi connectivity index (χ2n) is 13.5. The summed E-state index contributed by atoms with van der Waals surface area (Å²) in [5.74, 6) is 0. The first kappa shape index (κ1) is 31.0. The van der Waals surface area contributed by atoms with E-state index in [9.17, 15) is 0 Å². The third-order valence-corrected chi connectivity index (χ3v) is 12.5. The SMILES string of the molecule is c1ccc(-c2nc3c(ccc4sc5cc(-c6ccc(N(c7ccc8c(c7)oc7ccccc78)c7ccccc7-c7ccccc7)cc6)ccc5c43)s2)cc1. The summed E-state index contributed by atoms with van der Waals surface area (Å²) in [5, 5.41) is 5.82. The fourth-order valence-electron chi connectivity index (χ4n) is 7.75. The summed E-state index contributed by atoms with van der Waals surface area (Å²) in [6.45, 7) is 0. The lowest BCUT2D eigenvalue weighted by Crippen LogP contribution is -2.11. The van der Waals surface area contributed by atoms with Gasteiger partial charge in [-0.2, -0.15) is 0 Å². The van der Waals surface area contributed by atoms with E-state index in [-0.39, 0.29) is 0 Å². The summed E-state index contributed by atoms with van der Waals surface area (Å²) in [6, 6.07) is 64.8. The molecule has 3 aromatic heterocycles. The number of hydrogen-bond donors (Lipinski definition) is 0. The number of anilines is 3. The molecule has 0 aliphatic carbocycles. The minimum atomic E-state index is 0.871. The average Bonchev–Trinajstić information content (AvgIpc) is 3.95. The standard InChI is InChI=1S/C49H30N2OS2/c1-3-11-32(12-4-1)37-15-7-9-17-41(37)51(36-24-26-39-38-16-8-10-18-42(38)52-43(39)30-36)35-22-19-31(20-23-35)34-21-25-40-46(29-34)53-44-27-28-45-48(47(40)44)50-49(54-45)33-13-5-2-6-14-33/h1-30H. The molecular formula is C49H30N2OS2. The van der Waals surface area contributed by atoms with Crippen LogP contribution in [0.2, 0.25) is 0 Å². The second-order valence-corrected chi connectivity index (χ2v) is 15.6. The molecule has 8 aromatic carbocycles. The zero-order valence-corrected chi connectivity index (χ0v) is 30.6. The summed E-state index contributed by atoms with van der Waals surface area (Å²) in [6.07, 6.45) is 0. The van der Waals surface area contributed by atoms with Crippen molar-refractivity contribution in [3.63, 3.8) is 0 Å². The lowest BCUT2D eigenvalue weighted by molar-refractivity contribution is 0.669. The number of thiophene rings is 1. The molecule has 0 saturated carbocycles. The van der Waals surface area contributed by atoms with Crippen LogP contribution < -0.4 is 4.90 Å². The molecule has 0 atom stereocenters. The molecule has 0 bridgehead atoms. The van der Waals surface area contributed by atoms with Crippen molar-refractivity contribution < 1.29 is 4.42 Å². The first-order valence-electron chi connectivity index (χ1n) is 18.0. The van der Waals surface area contributed by atoms with Crippen LogP contribution in [0.1, 0.15) is 0 Å². The van der Waals surface area contributed by atoms with Crippen LogP contribution in [-0.2, 0) is 0 Å². The maximum Gasteiger partial charge on any atom is 0.137 e. The number of benzene rings is 8. The molecule has 0 spiro atoms. The van der Waals surface area contributed by atoms with Gasteiger partial charge < -0.3 is 9.32 Å². The molecule has 0 radical (unpaired) electrons. The fraction of sp³-hybridized carbons (Fsp3) is 0. The molecular weight excluding hydrogens is 697 g/mol. The number of thiazole rings is 1. The molecule has 0 N–H and O–H groups in total. The number of hydrogen-bond acceptors (Lipinski definition) is 5. The molecule has 0 aliphatic heterocycles. The van der Waals surface area contributed by atoms with Crippen molar-refractivity contribution in [3.8, 4) is 32.8 Å². The van der Waals surface area contributed by atoms with Crippen LogP contribution in [0.5, 0.6) is 0 Å². The predicted molar refractivity (Wildman–Crippen MR) is 231 cm³/mol. The number of para-hydroxylation sites is 2. The molecule has 0 unspecified atom stereocenters. The van der Waals surface area contributed by atoms with E-state index in [1.54, 1.807) is 11.3 Å². The Bertz CT molecular complexity index is 3160. The Morgan fingerprint density at radius 2 is 1.09 bits per heavy atom. The van der Waals surface area contributed by atoms with E-state index in [4.69, 9.17) is 9.40 Å². The molecule has 254 valence electrons. The van der Waals surface area contributed by atoms with Gasteiger partial charge in [-0.05, 0) is 71.3 Å². The van der Waals surface area contributed by atoms with Gasteiger partial charge in [-0.25, -0.2) is 4.98 Å². The van der Waals surface area contributed by atoms with Gasteiger partial charge in [-0.15, -0.1) is 22.7 Å². The Kier molecular flexibility index (Phi) is 7.22. The Hall–Kier alpha value is -6.53. The van der Waals surface area contributed by atoms with Gasteiger partial charge in [0.05, 0.1) is 15.9 Å². The topological polar surface area (TPSA) is 29.3 Å². The zero-order chi connectivity index (χ0) is 35.6. The molecule has 0 fully saturated rings. The van der Waals surface area contributed by atoms with Crippen molar-refractivity contribution in [1.29, 1.82) is 0 Å². The van der Waals surface area contributed by atoms with E-state index in [2.05, 4.69) is 175 Å². The highest BCUT2D eigenvalue weighted by molar-refractivity contribution is 7.26. The van der Waals surface area contributed by atoms with E-state index in [1.807, 2.05) is 23.5 Å². The third-order valence-electron chi connectivity index (χ3n) is 10.3. The van der Waals surface area contributed by atoms with Crippen LogP contribution in [0.25, 0.3) is 85.2 Å². The molecule has 0 aliphatic rings. The Morgan fingerprint density at radius 3 is 1.94 bits per heavy atom. The highest BCUT2D eigenvalue weighted by Crippen LogP contribution is 2.45. The van der Waals surface area contributed by atoms with Crippen molar-refractivity contribution >= 4 is 92.1 Å². The summed E-state index contributed by atoms with van der Waals surface area (Å²) >= 11 is 3.60. The predicted octanol–water partition coefficient (Wildman–Crippen LogP) is 15.0. The lowest BCUT2D eigenvalue weighted by atomic mass is 10.0. The van der Waals surface area contributed by atoms with Crippen molar-refractivity contribution in [2.45, 2.75) is 0 Å². The molecule has 0 saturated heterocycles. The molecule has 54 heavy (non-hydrogen) atoms. The fourth-order valence-corrected chi connectivity index (χ4v) is 9.88. The van der Waals surface area contributed by atoms with Crippen LogP contribution in [0.15, 0.2) is 186 Å². The van der Waals surface area contributed by atoms with Crippen LogP contribution in [-0.4, -0.2) is 4.98 Å². The highest BCUT2D eigenvalue weighted by atomic mass is 32.1. The van der Waals surface area contributed by atoms with Crippen molar-refractivity contribution in [2.75, 3.05) is 4.90 Å². The lowest BCUT2D eigenvalue weighted by Gasteiger charge is -2.28. The van der Waals surface area contributed by atoms with E-state index < -0.39 is 0 Å². The van der Waals surface area contributed by atoms with Crippen LogP contribution in [0, 0.1) is 0 Å². The second kappa shape index (κ2) is 12.6. The number of aromatic nitrogens is 1. The largest absolute Gasteiger partial charge is 0.456 e. The number of furan rings is 1. The molecule has 5 heteroatoms. The van der Waals surface area contributed by atoms with E-state index in [1.165, 1.54) is 41.6 Å².